The first-order valence-corrected chi connectivity index (χ1v) is 9.10. The monoisotopic (exact) mass is 357 g/mol. The van der Waals surface area contributed by atoms with Crippen LogP contribution in [0.5, 0.6) is 11.5 Å². The molecule has 6 nitrogen and oxygen atoms in total. The highest BCUT2D eigenvalue weighted by atomic mass is 16.5. The van der Waals surface area contributed by atoms with Crippen LogP contribution in [-0.4, -0.2) is 29.7 Å². The van der Waals surface area contributed by atoms with Crippen LogP contribution in [0.4, 0.5) is 0 Å². The Morgan fingerprint density at radius 1 is 1.23 bits per heavy atom. The molecule has 6 heteroatoms. The van der Waals surface area contributed by atoms with Gasteiger partial charge in [0.1, 0.15) is 23.4 Å². The molecule has 1 aromatic heterocycles. The summed E-state index contributed by atoms with van der Waals surface area (Å²) in [5.74, 6) is 2.70. The highest BCUT2D eigenvalue weighted by Crippen LogP contribution is 2.31. The molecule has 140 valence electrons. The molecule has 3 rings (SSSR count). The van der Waals surface area contributed by atoms with Gasteiger partial charge in [0.2, 0.25) is 5.91 Å². The molecule has 1 atom stereocenters. The van der Waals surface area contributed by atoms with Crippen LogP contribution in [0, 0.1) is 5.92 Å². The maximum absolute atomic E-state index is 12.7. The van der Waals surface area contributed by atoms with E-state index < -0.39 is 0 Å². The van der Waals surface area contributed by atoms with Gasteiger partial charge in [-0.15, -0.1) is 0 Å². The molecule has 1 heterocycles. The Morgan fingerprint density at radius 2 is 1.88 bits per heavy atom. The van der Waals surface area contributed by atoms with E-state index in [0.29, 0.717) is 23.8 Å². The molecular formula is C20H27N3O3. The Labute approximate surface area is 154 Å². The van der Waals surface area contributed by atoms with E-state index in [0.717, 1.165) is 24.2 Å². The number of methoxy groups -OCH3 is 2. The fraction of sp³-hybridized carbons (Fsp3) is 0.500. The molecule has 2 aromatic rings. The van der Waals surface area contributed by atoms with E-state index in [2.05, 4.69) is 10.3 Å². The second-order valence-corrected chi connectivity index (χ2v) is 6.90. The Balaban J connectivity index is 1.88. The summed E-state index contributed by atoms with van der Waals surface area (Å²) >= 11 is 0. The van der Waals surface area contributed by atoms with Gasteiger partial charge < -0.3 is 19.4 Å². The number of carbonyl (C=O) groups is 1. The van der Waals surface area contributed by atoms with Crippen molar-refractivity contribution in [1.29, 1.82) is 0 Å². The van der Waals surface area contributed by atoms with E-state index in [1.165, 1.54) is 12.8 Å². The Kier molecular flexibility index (Phi) is 5.81. The van der Waals surface area contributed by atoms with Crippen molar-refractivity contribution >= 4 is 5.91 Å². The highest BCUT2D eigenvalue weighted by molar-refractivity contribution is 5.77. The number of rotatable bonds is 7. The Hall–Kier alpha value is -2.50. The molecule has 1 aliphatic rings. The molecule has 1 amide bonds. The van der Waals surface area contributed by atoms with Gasteiger partial charge in [0.25, 0.3) is 0 Å². The fourth-order valence-electron chi connectivity index (χ4n) is 3.64. The van der Waals surface area contributed by atoms with Crippen molar-refractivity contribution in [2.45, 2.75) is 38.1 Å². The van der Waals surface area contributed by atoms with Crippen molar-refractivity contribution < 1.29 is 14.3 Å². The highest BCUT2D eigenvalue weighted by Gasteiger charge is 2.25. The minimum atomic E-state index is -0.354. The number of nitrogens with zero attached hydrogens (tertiary/aromatic N) is 2. The molecular weight excluding hydrogens is 330 g/mol. The molecule has 0 saturated heterocycles. The van der Waals surface area contributed by atoms with E-state index in [1.807, 2.05) is 36.0 Å². The predicted molar refractivity (Wildman–Crippen MR) is 99.3 cm³/mol. The number of ether oxygens (including phenoxy) is 2. The lowest BCUT2D eigenvalue weighted by atomic mass is 10.0. The third-order valence-electron chi connectivity index (χ3n) is 5.08. The number of benzene rings is 1. The summed E-state index contributed by atoms with van der Waals surface area (Å²) in [4.78, 5) is 17.1. The molecule has 0 bridgehead atoms. The zero-order chi connectivity index (χ0) is 18.5. The second-order valence-electron chi connectivity index (χ2n) is 6.90. The van der Waals surface area contributed by atoms with Crippen molar-refractivity contribution in [2.24, 2.45) is 13.0 Å². The molecule has 1 aromatic carbocycles. The number of imidazole rings is 1. The Morgan fingerprint density at radius 3 is 2.42 bits per heavy atom. The largest absolute Gasteiger partial charge is 0.497 e. The SMILES string of the molecule is COc1cc(OC)cc(C(NC(=O)CC2CCCC2)c2nccn2C)c1. The van der Waals surface area contributed by atoms with Gasteiger partial charge in [-0.3, -0.25) is 4.79 Å². The van der Waals surface area contributed by atoms with Crippen molar-refractivity contribution in [3.63, 3.8) is 0 Å². The van der Waals surface area contributed by atoms with Crippen LogP contribution in [0.3, 0.4) is 0 Å². The van der Waals surface area contributed by atoms with Crippen LogP contribution in [0.25, 0.3) is 0 Å². The lowest BCUT2D eigenvalue weighted by molar-refractivity contribution is -0.122. The molecule has 1 aliphatic carbocycles. The van der Waals surface area contributed by atoms with E-state index >= 15 is 0 Å². The number of hydrogen-bond donors (Lipinski definition) is 1. The van der Waals surface area contributed by atoms with Crippen LogP contribution in [-0.2, 0) is 11.8 Å². The van der Waals surface area contributed by atoms with Gasteiger partial charge in [-0.2, -0.15) is 0 Å². The fourth-order valence-corrected chi connectivity index (χ4v) is 3.64. The molecule has 1 saturated carbocycles. The molecule has 0 radical (unpaired) electrons. The van der Waals surface area contributed by atoms with Gasteiger partial charge in [-0.25, -0.2) is 4.98 Å². The molecule has 0 aliphatic heterocycles. The summed E-state index contributed by atoms with van der Waals surface area (Å²) in [7, 11) is 5.16. The van der Waals surface area contributed by atoms with Gasteiger partial charge in [0.15, 0.2) is 0 Å². The van der Waals surface area contributed by atoms with Crippen LogP contribution in [0.2, 0.25) is 0 Å². The minimum Gasteiger partial charge on any atom is -0.497 e. The van der Waals surface area contributed by atoms with Crippen LogP contribution in [0.15, 0.2) is 30.6 Å². The van der Waals surface area contributed by atoms with Gasteiger partial charge in [-0.1, -0.05) is 12.8 Å². The van der Waals surface area contributed by atoms with Gasteiger partial charge >= 0.3 is 0 Å². The summed E-state index contributed by atoms with van der Waals surface area (Å²) in [5, 5.41) is 3.17. The first kappa shape index (κ1) is 18.3. The van der Waals surface area contributed by atoms with Gasteiger partial charge in [0.05, 0.1) is 14.2 Å². The summed E-state index contributed by atoms with van der Waals surface area (Å²) in [6, 6.07) is 5.29. The standard InChI is InChI=1S/C20H27N3O3/c1-23-9-8-21-20(23)19(22-18(24)10-14-6-4-5-7-14)15-11-16(25-2)13-17(12-15)26-3/h8-9,11-14,19H,4-7,10H2,1-3H3,(H,22,24). The average Bonchev–Trinajstić information content (AvgIpc) is 3.30. The lowest BCUT2D eigenvalue weighted by Crippen LogP contribution is -2.32. The van der Waals surface area contributed by atoms with Gasteiger partial charge in [0, 0.05) is 31.9 Å². The van der Waals surface area contributed by atoms with Crippen molar-refractivity contribution in [3.8, 4) is 11.5 Å². The van der Waals surface area contributed by atoms with E-state index in [-0.39, 0.29) is 11.9 Å². The summed E-state index contributed by atoms with van der Waals surface area (Å²) in [5.41, 5.74) is 0.885. The Bertz CT molecular complexity index is 728. The summed E-state index contributed by atoms with van der Waals surface area (Å²) in [6.07, 6.45) is 8.94. The predicted octanol–water partition coefficient (Wildman–Crippen LogP) is 3.22. The maximum Gasteiger partial charge on any atom is 0.221 e. The van der Waals surface area contributed by atoms with E-state index in [4.69, 9.17) is 9.47 Å². The van der Waals surface area contributed by atoms with Crippen LogP contribution >= 0.6 is 0 Å². The second kappa shape index (κ2) is 8.25. The number of carbonyl (C=O) groups excluding carboxylic acids is 1. The van der Waals surface area contributed by atoms with E-state index in [9.17, 15) is 4.79 Å². The smallest absolute Gasteiger partial charge is 0.221 e. The zero-order valence-corrected chi connectivity index (χ0v) is 15.7. The van der Waals surface area contributed by atoms with E-state index in [1.54, 1.807) is 20.4 Å². The van der Waals surface area contributed by atoms with Crippen molar-refractivity contribution in [3.05, 3.63) is 42.0 Å². The molecule has 1 N–H and O–H groups in total. The number of hydrogen-bond acceptors (Lipinski definition) is 4. The van der Waals surface area contributed by atoms with Crippen molar-refractivity contribution in [2.75, 3.05) is 14.2 Å². The number of aryl methyl sites for hydroxylation is 1. The van der Waals surface area contributed by atoms with Gasteiger partial charge in [-0.05, 0) is 36.5 Å². The maximum atomic E-state index is 12.7. The molecule has 26 heavy (non-hydrogen) atoms. The number of amides is 1. The third-order valence-corrected chi connectivity index (χ3v) is 5.08. The lowest BCUT2D eigenvalue weighted by Gasteiger charge is -2.21. The average molecular weight is 357 g/mol. The summed E-state index contributed by atoms with van der Waals surface area (Å²) in [6.45, 7) is 0. The number of nitrogens with one attached hydrogen (secondary N) is 1. The topological polar surface area (TPSA) is 65.4 Å². The summed E-state index contributed by atoms with van der Waals surface area (Å²) < 4.78 is 12.7. The van der Waals surface area contributed by atoms with Crippen molar-refractivity contribution in [1.82, 2.24) is 14.9 Å². The van der Waals surface area contributed by atoms with Crippen LogP contribution in [0.1, 0.15) is 49.5 Å². The normalized spacial score (nSPS) is 15.7. The molecule has 1 fully saturated rings. The van der Waals surface area contributed by atoms with Crippen LogP contribution < -0.4 is 14.8 Å². The first-order chi connectivity index (χ1) is 12.6. The zero-order valence-electron chi connectivity index (χ0n) is 15.7. The first-order valence-electron chi connectivity index (χ1n) is 9.10. The minimum absolute atomic E-state index is 0.0617. The number of aromatic nitrogens is 2. The third kappa shape index (κ3) is 4.18. The molecule has 0 spiro atoms. The quantitative estimate of drug-likeness (QED) is 0.826. The molecule has 1 unspecified atom stereocenters.